The largest absolute Gasteiger partial charge is 0.488 e. The van der Waals surface area contributed by atoms with Crippen molar-refractivity contribution in [3.05, 3.63) is 81.9 Å². The van der Waals surface area contributed by atoms with Crippen LogP contribution in [0, 0.1) is 23.0 Å². The summed E-state index contributed by atoms with van der Waals surface area (Å²) < 4.78 is 60.4. The molecular weight excluding hydrogens is 606 g/mol. The van der Waals surface area contributed by atoms with Crippen LogP contribution in [-0.2, 0) is 26.2 Å². The van der Waals surface area contributed by atoms with Crippen LogP contribution in [-0.4, -0.2) is 44.3 Å². The molecule has 1 fully saturated rings. The number of carbonyl (C=O) groups excluding carboxylic acids is 1. The summed E-state index contributed by atoms with van der Waals surface area (Å²) in [5, 5.41) is 12.4. The molecule has 1 saturated heterocycles. The van der Waals surface area contributed by atoms with E-state index in [4.69, 9.17) is 35.3 Å². The third kappa shape index (κ3) is 7.33. The zero-order chi connectivity index (χ0) is 32.2. The summed E-state index contributed by atoms with van der Waals surface area (Å²) in [6.45, 7) is 5.99. The van der Waals surface area contributed by atoms with E-state index in [1.807, 2.05) is 36.4 Å². The van der Waals surface area contributed by atoms with Crippen LogP contribution in [0.4, 0.5) is 13.6 Å². The van der Waals surface area contributed by atoms with Crippen LogP contribution in [0.15, 0.2) is 48.5 Å². The van der Waals surface area contributed by atoms with Crippen LogP contribution in [0.3, 0.4) is 0 Å². The second kappa shape index (κ2) is 13.6. The van der Waals surface area contributed by atoms with Crippen LogP contribution in [0.2, 0.25) is 5.02 Å². The van der Waals surface area contributed by atoms with E-state index in [1.165, 1.54) is 12.1 Å². The van der Waals surface area contributed by atoms with Crippen molar-refractivity contribution in [2.75, 3.05) is 26.4 Å². The van der Waals surface area contributed by atoms with Gasteiger partial charge in [0.2, 0.25) is 0 Å². The highest BCUT2D eigenvalue weighted by Crippen LogP contribution is 2.50. The number of fused-ring (bicyclic) bond motifs is 1. The lowest BCUT2D eigenvalue weighted by molar-refractivity contribution is -0.165. The SMILES string of the molecule is CC(C)(C)OC(=O)NCC1(c2ccccc2)Cc2c(cc(F)c(Cl)c2-c2c(C#N)ccc(OCCOC3CCCCO3)c2F)O1. The van der Waals surface area contributed by atoms with E-state index in [0.29, 0.717) is 17.7 Å². The van der Waals surface area contributed by atoms with E-state index in [9.17, 15) is 10.1 Å². The number of nitriles is 1. The third-order valence-corrected chi connectivity index (χ3v) is 7.90. The molecule has 1 N–H and O–H groups in total. The van der Waals surface area contributed by atoms with Crippen molar-refractivity contribution in [3.63, 3.8) is 0 Å². The van der Waals surface area contributed by atoms with Gasteiger partial charge in [0.05, 0.1) is 29.8 Å². The van der Waals surface area contributed by atoms with E-state index in [2.05, 4.69) is 5.32 Å². The first-order valence-corrected chi connectivity index (χ1v) is 15.2. The summed E-state index contributed by atoms with van der Waals surface area (Å²) in [6, 6.07) is 14.9. The van der Waals surface area contributed by atoms with Crippen molar-refractivity contribution in [2.24, 2.45) is 0 Å². The number of ether oxygens (including phenoxy) is 5. The summed E-state index contributed by atoms with van der Waals surface area (Å²) in [4.78, 5) is 12.6. The Kier molecular flexibility index (Phi) is 9.82. The highest BCUT2D eigenvalue weighted by Gasteiger charge is 2.44. The van der Waals surface area contributed by atoms with E-state index in [1.54, 1.807) is 20.8 Å². The number of amides is 1. The number of halogens is 3. The molecule has 11 heteroatoms. The Bertz CT molecular complexity index is 1580. The fourth-order valence-electron chi connectivity index (χ4n) is 5.51. The summed E-state index contributed by atoms with van der Waals surface area (Å²) in [6.07, 6.45) is 1.85. The van der Waals surface area contributed by atoms with E-state index in [-0.39, 0.29) is 65.7 Å². The van der Waals surface area contributed by atoms with Gasteiger partial charge in [-0.25, -0.2) is 13.6 Å². The van der Waals surface area contributed by atoms with E-state index >= 15 is 8.78 Å². The smallest absolute Gasteiger partial charge is 0.407 e. The van der Waals surface area contributed by atoms with E-state index in [0.717, 1.165) is 25.3 Å². The van der Waals surface area contributed by atoms with Crippen LogP contribution < -0.4 is 14.8 Å². The molecule has 3 aromatic rings. The Labute approximate surface area is 266 Å². The minimum absolute atomic E-state index is 0.0203. The van der Waals surface area contributed by atoms with Gasteiger partial charge in [0.25, 0.3) is 0 Å². The molecule has 0 bridgehead atoms. The number of alkyl carbamates (subject to hydrolysis) is 1. The maximum Gasteiger partial charge on any atom is 0.407 e. The average molecular weight is 641 g/mol. The molecule has 45 heavy (non-hydrogen) atoms. The summed E-state index contributed by atoms with van der Waals surface area (Å²) in [7, 11) is 0. The van der Waals surface area contributed by atoms with Gasteiger partial charge in [0.1, 0.15) is 23.8 Å². The molecule has 0 spiro atoms. The highest BCUT2D eigenvalue weighted by molar-refractivity contribution is 6.34. The lowest BCUT2D eigenvalue weighted by atomic mass is 9.85. The minimum atomic E-state index is -1.22. The number of nitrogens with zero attached hydrogens (tertiary/aromatic N) is 1. The molecular formula is C34H35ClF2N2O6. The number of benzene rings is 3. The van der Waals surface area contributed by atoms with Crippen molar-refractivity contribution in [3.8, 4) is 28.7 Å². The van der Waals surface area contributed by atoms with Crippen molar-refractivity contribution in [1.29, 1.82) is 5.26 Å². The molecule has 0 aliphatic carbocycles. The normalized spacial score (nSPS) is 19.3. The number of hydrogen-bond acceptors (Lipinski definition) is 7. The number of carbonyl (C=O) groups is 1. The third-order valence-electron chi connectivity index (χ3n) is 7.53. The van der Waals surface area contributed by atoms with Crippen LogP contribution in [0.25, 0.3) is 11.1 Å². The molecule has 2 atom stereocenters. The summed E-state index contributed by atoms with van der Waals surface area (Å²) >= 11 is 6.55. The van der Waals surface area contributed by atoms with Crippen LogP contribution >= 0.6 is 11.6 Å². The first kappa shape index (κ1) is 32.5. The highest BCUT2D eigenvalue weighted by atomic mass is 35.5. The first-order chi connectivity index (χ1) is 21.5. The minimum Gasteiger partial charge on any atom is -0.488 e. The van der Waals surface area contributed by atoms with Crippen LogP contribution in [0.5, 0.6) is 11.5 Å². The molecule has 2 heterocycles. The Morgan fingerprint density at radius 3 is 2.60 bits per heavy atom. The molecule has 0 aromatic heterocycles. The lowest BCUT2D eigenvalue weighted by Crippen LogP contribution is -2.45. The molecule has 238 valence electrons. The molecule has 2 unspecified atom stereocenters. The standard InChI is InChI=1S/C34H35ClF2N2O6/c1-33(2,3)45-32(40)39-20-34(22-9-5-4-6-10-22)18-23-26(44-34)17-24(36)30(35)29(23)28-21(19-38)12-13-25(31(28)37)41-15-16-43-27-11-7-8-14-42-27/h4-6,9-10,12-13,17,27H,7-8,11,14-16,18,20H2,1-3H3,(H,39,40). The molecule has 8 nitrogen and oxygen atoms in total. The van der Waals surface area contributed by atoms with E-state index < -0.39 is 28.9 Å². The van der Waals surface area contributed by atoms with Gasteiger partial charge in [0, 0.05) is 35.8 Å². The maximum absolute atomic E-state index is 16.3. The lowest BCUT2D eigenvalue weighted by Gasteiger charge is -2.30. The molecule has 1 amide bonds. The first-order valence-electron chi connectivity index (χ1n) is 14.8. The monoisotopic (exact) mass is 640 g/mol. The average Bonchev–Trinajstić information content (AvgIpc) is 3.39. The van der Waals surface area contributed by atoms with Gasteiger partial charge in [0.15, 0.2) is 23.5 Å². The van der Waals surface area contributed by atoms with Crippen molar-refractivity contribution < 1.29 is 37.3 Å². The molecule has 3 aromatic carbocycles. The van der Waals surface area contributed by atoms with Crippen molar-refractivity contribution >= 4 is 17.7 Å². The molecule has 2 aliphatic rings. The zero-order valence-electron chi connectivity index (χ0n) is 25.4. The predicted molar refractivity (Wildman–Crippen MR) is 163 cm³/mol. The Morgan fingerprint density at radius 2 is 1.91 bits per heavy atom. The van der Waals surface area contributed by atoms with Gasteiger partial charge in [-0.1, -0.05) is 41.9 Å². The van der Waals surface area contributed by atoms with Gasteiger partial charge in [-0.3, -0.25) is 0 Å². The molecule has 0 saturated carbocycles. The van der Waals surface area contributed by atoms with Gasteiger partial charge in [-0.2, -0.15) is 5.26 Å². The van der Waals surface area contributed by atoms with Gasteiger partial charge in [-0.15, -0.1) is 0 Å². The second-order valence-electron chi connectivity index (χ2n) is 11.9. The Morgan fingerprint density at radius 1 is 1.13 bits per heavy atom. The second-order valence-corrected chi connectivity index (χ2v) is 12.3. The fraction of sp³-hybridized carbons (Fsp3) is 0.412. The van der Waals surface area contributed by atoms with Crippen molar-refractivity contribution in [2.45, 2.75) is 63.9 Å². The van der Waals surface area contributed by atoms with Crippen LogP contribution in [0.1, 0.15) is 56.7 Å². The number of nitrogens with one attached hydrogen (secondary N) is 1. The van der Waals surface area contributed by atoms with Gasteiger partial charge in [-0.05, 0) is 57.7 Å². The summed E-state index contributed by atoms with van der Waals surface area (Å²) in [5.74, 6) is -1.77. The molecule has 5 rings (SSSR count). The maximum atomic E-state index is 16.3. The number of rotatable bonds is 9. The van der Waals surface area contributed by atoms with Crippen molar-refractivity contribution in [1.82, 2.24) is 5.32 Å². The zero-order valence-corrected chi connectivity index (χ0v) is 26.1. The molecule has 0 radical (unpaired) electrons. The quantitative estimate of drug-likeness (QED) is 0.243. The Hall–Kier alpha value is -3.91. The molecule has 2 aliphatic heterocycles. The predicted octanol–water partition coefficient (Wildman–Crippen LogP) is 7.43. The fourth-order valence-corrected chi connectivity index (χ4v) is 5.78. The topological polar surface area (TPSA) is 99.0 Å². The Balaban J connectivity index is 1.49. The van der Waals surface area contributed by atoms with Gasteiger partial charge >= 0.3 is 6.09 Å². The number of hydrogen-bond donors (Lipinski definition) is 1. The summed E-state index contributed by atoms with van der Waals surface area (Å²) in [5.41, 5.74) is -1.19. The van der Waals surface area contributed by atoms with Gasteiger partial charge < -0.3 is 29.0 Å².